The van der Waals surface area contributed by atoms with E-state index in [9.17, 15) is 9.59 Å². The van der Waals surface area contributed by atoms with Crippen molar-refractivity contribution in [3.63, 3.8) is 0 Å². The molecule has 4 rings (SSSR count). The molecule has 5 nitrogen and oxygen atoms in total. The molecule has 0 aromatic heterocycles. The molecule has 1 heterocycles. The Labute approximate surface area is 188 Å². The second kappa shape index (κ2) is 8.79. The Morgan fingerprint density at radius 2 is 1.56 bits per heavy atom. The number of rotatable bonds is 5. The zero-order valence-electron chi connectivity index (χ0n) is 18.8. The van der Waals surface area contributed by atoms with Crippen LogP contribution in [0.4, 0.5) is 11.4 Å². The first-order valence-electron chi connectivity index (χ1n) is 10.7. The minimum Gasteiger partial charge on any atom is -0.341 e. The van der Waals surface area contributed by atoms with Crippen molar-refractivity contribution in [2.75, 3.05) is 11.4 Å². The summed E-state index contributed by atoms with van der Waals surface area (Å²) in [5, 5.41) is 3.91. The van der Waals surface area contributed by atoms with E-state index in [0.29, 0.717) is 17.7 Å². The summed E-state index contributed by atoms with van der Waals surface area (Å²) >= 11 is 0. The quantitative estimate of drug-likeness (QED) is 0.231. The lowest BCUT2D eigenvalue weighted by Gasteiger charge is -2.33. The highest BCUT2D eigenvalue weighted by molar-refractivity contribution is 6.10. The summed E-state index contributed by atoms with van der Waals surface area (Å²) < 4.78 is 0. The Kier molecular flexibility index (Phi) is 5.91. The van der Waals surface area contributed by atoms with Gasteiger partial charge in [-0.1, -0.05) is 35.5 Å². The van der Waals surface area contributed by atoms with Crippen molar-refractivity contribution < 1.29 is 14.4 Å². The number of benzene rings is 3. The van der Waals surface area contributed by atoms with E-state index in [0.717, 1.165) is 45.7 Å². The molecule has 0 atom stereocenters. The van der Waals surface area contributed by atoms with Crippen LogP contribution in [0, 0.1) is 6.92 Å². The molecule has 0 saturated heterocycles. The number of nitrogens with zero attached hydrogens (tertiary/aromatic N) is 2. The molecule has 3 aromatic carbocycles. The Balaban J connectivity index is 1.71. The van der Waals surface area contributed by atoms with Gasteiger partial charge in [-0.05, 0) is 73.4 Å². The molecule has 0 unspecified atom stereocenters. The molecule has 0 aliphatic carbocycles. The Morgan fingerprint density at radius 1 is 0.938 bits per heavy atom. The fourth-order valence-electron chi connectivity index (χ4n) is 4.19. The Morgan fingerprint density at radius 3 is 2.19 bits per heavy atom. The van der Waals surface area contributed by atoms with Crippen LogP contribution in [0.5, 0.6) is 0 Å². The molecule has 0 saturated carbocycles. The second-order valence-electron chi connectivity index (χ2n) is 8.01. The fraction of sp³-hybridized carbons (Fsp3) is 0.222. The van der Waals surface area contributed by atoms with Crippen LogP contribution in [0.2, 0.25) is 0 Å². The van der Waals surface area contributed by atoms with Gasteiger partial charge in [0.05, 0.1) is 5.71 Å². The summed E-state index contributed by atoms with van der Waals surface area (Å²) in [6, 6.07) is 19.8. The van der Waals surface area contributed by atoms with Crippen LogP contribution in [-0.2, 0) is 16.1 Å². The molecule has 0 amide bonds. The lowest BCUT2D eigenvalue weighted by molar-refractivity contribution is -0.140. The molecule has 5 heteroatoms. The molecule has 32 heavy (non-hydrogen) atoms. The molecular weight excluding hydrogens is 400 g/mol. The summed E-state index contributed by atoms with van der Waals surface area (Å²) in [4.78, 5) is 31.3. The summed E-state index contributed by atoms with van der Waals surface area (Å²) in [6.07, 6.45) is 0.713. The largest absolute Gasteiger partial charge is 0.341 e. The average Bonchev–Trinajstić information content (AvgIpc) is 2.80. The molecule has 3 aromatic rings. The molecule has 162 valence electrons. The van der Waals surface area contributed by atoms with Gasteiger partial charge in [0.1, 0.15) is 0 Å². The summed E-state index contributed by atoms with van der Waals surface area (Å²) in [7, 11) is 0. The van der Waals surface area contributed by atoms with Gasteiger partial charge in [-0.3, -0.25) is 4.79 Å². The van der Waals surface area contributed by atoms with Crippen LogP contribution in [0.15, 0.2) is 65.8 Å². The van der Waals surface area contributed by atoms with E-state index in [1.807, 2.05) is 56.3 Å². The number of carbonyl (C=O) groups is 2. The van der Waals surface area contributed by atoms with E-state index in [1.165, 1.54) is 6.92 Å². The van der Waals surface area contributed by atoms with Crippen molar-refractivity contribution in [2.45, 2.75) is 34.1 Å². The lowest BCUT2D eigenvalue weighted by Crippen LogP contribution is -2.23. The van der Waals surface area contributed by atoms with Crippen LogP contribution in [0.3, 0.4) is 0 Å². The number of hydrogen-bond acceptors (Lipinski definition) is 5. The number of oxime groups is 1. The maximum Gasteiger partial charge on any atom is 0.331 e. The summed E-state index contributed by atoms with van der Waals surface area (Å²) in [6.45, 7) is 8.03. The highest BCUT2D eigenvalue weighted by Gasteiger charge is 2.24. The minimum atomic E-state index is -0.445. The molecule has 1 aliphatic heterocycles. The third-order valence-corrected chi connectivity index (χ3v) is 5.82. The molecule has 1 aliphatic rings. The molecule has 0 fully saturated rings. The van der Waals surface area contributed by atoms with Crippen molar-refractivity contribution in [3.05, 3.63) is 94.0 Å². The summed E-state index contributed by atoms with van der Waals surface area (Å²) in [5.41, 5.74) is 8.47. The summed E-state index contributed by atoms with van der Waals surface area (Å²) in [5.74, 6) is -0.405. The van der Waals surface area contributed by atoms with Gasteiger partial charge in [-0.25, -0.2) is 4.79 Å². The zero-order chi connectivity index (χ0) is 22.8. The van der Waals surface area contributed by atoms with Gasteiger partial charge >= 0.3 is 5.97 Å². The molecule has 0 spiro atoms. The van der Waals surface area contributed by atoms with E-state index < -0.39 is 5.97 Å². The van der Waals surface area contributed by atoms with Crippen molar-refractivity contribution in [3.8, 4) is 0 Å². The van der Waals surface area contributed by atoms with Gasteiger partial charge in [0.2, 0.25) is 0 Å². The number of aryl methyl sites for hydroxylation is 1. The van der Waals surface area contributed by atoms with Gasteiger partial charge in [0, 0.05) is 42.4 Å². The van der Waals surface area contributed by atoms with Gasteiger partial charge < -0.3 is 9.74 Å². The van der Waals surface area contributed by atoms with Crippen molar-refractivity contribution in [2.24, 2.45) is 5.16 Å². The Bertz CT molecular complexity index is 1240. The molecule has 0 N–H and O–H groups in total. The van der Waals surface area contributed by atoms with Crippen LogP contribution in [-0.4, -0.2) is 24.0 Å². The normalized spacial score (nSPS) is 12.8. The average molecular weight is 427 g/mol. The van der Waals surface area contributed by atoms with Crippen molar-refractivity contribution in [1.82, 2.24) is 0 Å². The highest BCUT2D eigenvalue weighted by atomic mass is 16.7. The van der Waals surface area contributed by atoms with Crippen LogP contribution in [0.1, 0.15) is 58.9 Å². The van der Waals surface area contributed by atoms with Gasteiger partial charge in [-0.15, -0.1) is 0 Å². The van der Waals surface area contributed by atoms with Gasteiger partial charge in [-0.2, -0.15) is 0 Å². The maximum absolute atomic E-state index is 13.1. The molecule has 0 bridgehead atoms. The number of fused-ring (bicyclic) bond motifs is 2. The predicted octanol–water partition coefficient (Wildman–Crippen LogP) is 5.58. The van der Waals surface area contributed by atoms with E-state index in [4.69, 9.17) is 4.84 Å². The van der Waals surface area contributed by atoms with Crippen molar-refractivity contribution in [1.29, 1.82) is 0 Å². The first-order chi connectivity index (χ1) is 15.4. The third kappa shape index (κ3) is 4.06. The van der Waals surface area contributed by atoms with E-state index >= 15 is 0 Å². The maximum atomic E-state index is 13.1. The standard InChI is InChI=1S/C27H26N2O3/c1-5-29-25-12-10-20(18(3)28-32-19(4)30)14-22(25)16-23-15-21(11-13-26(23)29)27(31)24-9-7-6-8-17(24)2/h6-15H,5,16H2,1-4H3/b28-18+. The first-order valence-corrected chi connectivity index (χ1v) is 10.7. The second-order valence-corrected chi connectivity index (χ2v) is 8.01. The molecular formula is C27H26N2O3. The first kappa shape index (κ1) is 21.5. The lowest BCUT2D eigenvalue weighted by atomic mass is 9.90. The smallest absolute Gasteiger partial charge is 0.331 e. The fourth-order valence-corrected chi connectivity index (χ4v) is 4.19. The molecule has 0 radical (unpaired) electrons. The number of carbonyl (C=O) groups excluding carboxylic acids is 2. The van der Waals surface area contributed by atoms with E-state index in [2.05, 4.69) is 35.2 Å². The Hall–Kier alpha value is -3.73. The van der Waals surface area contributed by atoms with Crippen LogP contribution < -0.4 is 4.90 Å². The minimum absolute atomic E-state index is 0.0397. The van der Waals surface area contributed by atoms with Gasteiger partial charge in [0.25, 0.3) is 0 Å². The number of ketones is 1. The van der Waals surface area contributed by atoms with Crippen LogP contribution >= 0.6 is 0 Å². The SMILES string of the molecule is CCN1c2ccc(C(=O)c3ccccc3C)cc2Cc2cc(/C(C)=N/OC(C)=O)ccc21. The van der Waals surface area contributed by atoms with E-state index in [1.54, 1.807) is 0 Å². The van der Waals surface area contributed by atoms with Gasteiger partial charge in [0.15, 0.2) is 5.78 Å². The van der Waals surface area contributed by atoms with Crippen LogP contribution in [0.25, 0.3) is 0 Å². The topological polar surface area (TPSA) is 59.0 Å². The highest BCUT2D eigenvalue weighted by Crippen LogP contribution is 2.39. The third-order valence-electron chi connectivity index (χ3n) is 5.82. The zero-order valence-corrected chi connectivity index (χ0v) is 18.8. The predicted molar refractivity (Wildman–Crippen MR) is 127 cm³/mol. The van der Waals surface area contributed by atoms with E-state index in [-0.39, 0.29) is 5.78 Å². The van der Waals surface area contributed by atoms with Crippen molar-refractivity contribution >= 4 is 28.8 Å². The number of hydrogen-bond donors (Lipinski definition) is 0. The monoisotopic (exact) mass is 426 g/mol. The number of anilines is 2.